The van der Waals surface area contributed by atoms with Crippen molar-refractivity contribution in [1.82, 2.24) is 0 Å². The predicted octanol–water partition coefficient (Wildman–Crippen LogP) is 5.15. The summed E-state index contributed by atoms with van der Waals surface area (Å²) in [5.41, 5.74) is 2.64. The summed E-state index contributed by atoms with van der Waals surface area (Å²) < 4.78 is 0. The van der Waals surface area contributed by atoms with E-state index in [2.05, 4.69) is 32.5 Å². The highest BCUT2D eigenvalue weighted by Gasteiger charge is 2.09. The van der Waals surface area contributed by atoms with Crippen molar-refractivity contribution in [1.29, 1.82) is 0 Å². The molecule has 2 heteroatoms. The summed E-state index contributed by atoms with van der Waals surface area (Å²) in [4.78, 5) is 0.792. The molecule has 0 atom stereocenters. The molecule has 0 unspecified atom stereocenters. The van der Waals surface area contributed by atoms with Gasteiger partial charge in [0, 0.05) is 4.90 Å². The second-order valence-corrected chi connectivity index (χ2v) is 5.43. The quantitative estimate of drug-likeness (QED) is 0.493. The Kier molecular flexibility index (Phi) is 7.26. The molecule has 1 N–H and O–H groups in total. The lowest BCUT2D eigenvalue weighted by atomic mass is 9.96. The molecule has 0 amide bonds. The standard InChI is InChI=1S/C16H26OS/c1-3-5-7-9-13-11-12-15(17)16(18)14(13)10-8-6-4-2/h11-12,17-18H,3-10H2,1-2H3. The van der Waals surface area contributed by atoms with E-state index in [1.807, 2.05) is 0 Å². The van der Waals surface area contributed by atoms with Crippen LogP contribution in [-0.4, -0.2) is 5.11 Å². The van der Waals surface area contributed by atoms with Crippen molar-refractivity contribution in [2.75, 3.05) is 0 Å². The van der Waals surface area contributed by atoms with Crippen LogP contribution in [-0.2, 0) is 12.8 Å². The lowest BCUT2D eigenvalue weighted by Crippen LogP contribution is -1.97. The van der Waals surface area contributed by atoms with E-state index in [-0.39, 0.29) is 0 Å². The minimum Gasteiger partial charge on any atom is -0.507 e. The average molecular weight is 266 g/mol. The van der Waals surface area contributed by atoms with Crippen LogP contribution < -0.4 is 0 Å². The Hall–Kier alpha value is -0.630. The Morgan fingerprint density at radius 3 is 2.17 bits per heavy atom. The molecule has 0 aromatic heterocycles. The molecule has 0 bridgehead atoms. The molecule has 0 spiro atoms. The zero-order valence-electron chi connectivity index (χ0n) is 11.7. The summed E-state index contributed by atoms with van der Waals surface area (Å²) >= 11 is 4.48. The molecular formula is C16H26OS. The minimum atomic E-state index is 0.323. The predicted molar refractivity (Wildman–Crippen MR) is 81.8 cm³/mol. The molecule has 1 aromatic rings. The van der Waals surface area contributed by atoms with Gasteiger partial charge in [0.05, 0.1) is 0 Å². The zero-order valence-corrected chi connectivity index (χ0v) is 12.6. The normalized spacial score (nSPS) is 10.8. The average Bonchev–Trinajstić information content (AvgIpc) is 2.37. The molecule has 1 rings (SSSR count). The van der Waals surface area contributed by atoms with Gasteiger partial charge in [-0.3, -0.25) is 0 Å². The molecule has 0 saturated carbocycles. The van der Waals surface area contributed by atoms with E-state index in [1.165, 1.54) is 49.7 Å². The summed E-state index contributed by atoms with van der Waals surface area (Å²) in [6, 6.07) is 3.86. The van der Waals surface area contributed by atoms with Crippen LogP contribution in [0, 0.1) is 0 Å². The van der Waals surface area contributed by atoms with E-state index >= 15 is 0 Å². The lowest BCUT2D eigenvalue weighted by Gasteiger charge is -2.13. The Balaban J connectivity index is 2.76. The second-order valence-electron chi connectivity index (χ2n) is 4.99. The molecule has 0 aliphatic carbocycles. The Morgan fingerprint density at radius 1 is 0.944 bits per heavy atom. The maximum Gasteiger partial charge on any atom is 0.129 e. The van der Waals surface area contributed by atoms with Crippen LogP contribution in [0.1, 0.15) is 63.5 Å². The maximum absolute atomic E-state index is 9.78. The first kappa shape index (κ1) is 15.4. The molecule has 1 aromatic carbocycles. The van der Waals surface area contributed by atoms with E-state index in [0.717, 1.165) is 17.7 Å². The van der Waals surface area contributed by atoms with Crippen LogP contribution in [0.5, 0.6) is 5.75 Å². The van der Waals surface area contributed by atoms with Gasteiger partial charge in [-0.1, -0.05) is 45.6 Å². The van der Waals surface area contributed by atoms with Crippen molar-refractivity contribution in [3.63, 3.8) is 0 Å². The van der Waals surface area contributed by atoms with Crippen molar-refractivity contribution in [3.05, 3.63) is 23.3 Å². The highest BCUT2D eigenvalue weighted by Crippen LogP contribution is 2.30. The largest absolute Gasteiger partial charge is 0.507 e. The van der Waals surface area contributed by atoms with Crippen LogP contribution in [0.3, 0.4) is 0 Å². The Labute approximate surface area is 117 Å². The third-order valence-electron chi connectivity index (χ3n) is 3.44. The van der Waals surface area contributed by atoms with Gasteiger partial charge in [0.15, 0.2) is 0 Å². The molecule has 0 saturated heterocycles. The van der Waals surface area contributed by atoms with Gasteiger partial charge in [0.2, 0.25) is 0 Å². The first-order valence-corrected chi connectivity index (χ1v) is 7.68. The number of phenolic OH excluding ortho intramolecular Hbond substituents is 1. The second kappa shape index (κ2) is 8.47. The van der Waals surface area contributed by atoms with Gasteiger partial charge in [-0.2, -0.15) is 0 Å². The fraction of sp³-hybridized carbons (Fsp3) is 0.625. The Morgan fingerprint density at radius 2 is 1.56 bits per heavy atom. The van der Waals surface area contributed by atoms with Crippen molar-refractivity contribution in [3.8, 4) is 5.75 Å². The van der Waals surface area contributed by atoms with Gasteiger partial charge in [0.1, 0.15) is 5.75 Å². The summed E-state index contributed by atoms with van der Waals surface area (Å²) in [5.74, 6) is 0.323. The van der Waals surface area contributed by atoms with Crippen molar-refractivity contribution in [2.45, 2.75) is 70.1 Å². The number of rotatable bonds is 8. The lowest BCUT2D eigenvalue weighted by molar-refractivity contribution is 0.460. The molecule has 0 aliphatic heterocycles. The highest BCUT2D eigenvalue weighted by molar-refractivity contribution is 7.80. The number of hydrogen-bond donors (Lipinski definition) is 2. The number of hydrogen-bond acceptors (Lipinski definition) is 2. The third-order valence-corrected chi connectivity index (χ3v) is 3.94. The van der Waals surface area contributed by atoms with Crippen molar-refractivity contribution >= 4 is 12.6 Å². The number of aryl methyl sites for hydroxylation is 1. The van der Waals surface area contributed by atoms with Gasteiger partial charge in [-0.25, -0.2) is 0 Å². The van der Waals surface area contributed by atoms with Gasteiger partial charge in [0.25, 0.3) is 0 Å². The third kappa shape index (κ3) is 4.56. The number of aromatic hydroxyl groups is 1. The molecule has 1 nitrogen and oxygen atoms in total. The monoisotopic (exact) mass is 266 g/mol. The minimum absolute atomic E-state index is 0.323. The first-order valence-electron chi connectivity index (χ1n) is 7.23. The van der Waals surface area contributed by atoms with Crippen LogP contribution in [0.15, 0.2) is 17.0 Å². The van der Waals surface area contributed by atoms with Crippen LogP contribution in [0.25, 0.3) is 0 Å². The molecule has 102 valence electrons. The van der Waals surface area contributed by atoms with Gasteiger partial charge >= 0.3 is 0 Å². The van der Waals surface area contributed by atoms with Crippen LogP contribution in [0.2, 0.25) is 0 Å². The number of thiol groups is 1. The number of phenols is 1. The number of benzene rings is 1. The van der Waals surface area contributed by atoms with Gasteiger partial charge < -0.3 is 5.11 Å². The molecular weight excluding hydrogens is 240 g/mol. The topological polar surface area (TPSA) is 20.2 Å². The Bertz CT molecular complexity index is 360. The summed E-state index contributed by atoms with van der Waals surface area (Å²) in [6.07, 6.45) is 9.58. The van der Waals surface area contributed by atoms with Crippen LogP contribution in [0.4, 0.5) is 0 Å². The van der Waals surface area contributed by atoms with E-state index in [0.29, 0.717) is 5.75 Å². The summed E-state index contributed by atoms with van der Waals surface area (Å²) in [6.45, 7) is 4.44. The fourth-order valence-electron chi connectivity index (χ4n) is 2.30. The smallest absolute Gasteiger partial charge is 0.129 e. The van der Waals surface area contributed by atoms with Crippen molar-refractivity contribution < 1.29 is 5.11 Å². The van der Waals surface area contributed by atoms with E-state index in [1.54, 1.807) is 6.07 Å². The SMILES string of the molecule is CCCCCc1ccc(O)c(S)c1CCCCC. The molecule has 0 radical (unpaired) electrons. The fourth-order valence-corrected chi connectivity index (χ4v) is 2.63. The highest BCUT2D eigenvalue weighted by atomic mass is 32.1. The van der Waals surface area contributed by atoms with E-state index in [4.69, 9.17) is 0 Å². The number of unbranched alkanes of at least 4 members (excludes halogenated alkanes) is 4. The van der Waals surface area contributed by atoms with E-state index < -0.39 is 0 Å². The van der Waals surface area contributed by atoms with Gasteiger partial charge in [-0.15, -0.1) is 12.6 Å². The van der Waals surface area contributed by atoms with Crippen LogP contribution >= 0.6 is 12.6 Å². The molecule has 18 heavy (non-hydrogen) atoms. The van der Waals surface area contributed by atoms with Crippen molar-refractivity contribution in [2.24, 2.45) is 0 Å². The first-order chi connectivity index (χ1) is 8.70. The molecule has 0 heterocycles. The van der Waals surface area contributed by atoms with E-state index in [9.17, 15) is 5.11 Å². The maximum atomic E-state index is 9.78. The zero-order chi connectivity index (χ0) is 13.4. The molecule has 0 fully saturated rings. The molecule has 0 aliphatic rings. The van der Waals surface area contributed by atoms with Gasteiger partial charge in [-0.05, 0) is 42.9 Å². The summed E-state index contributed by atoms with van der Waals surface area (Å²) in [5, 5.41) is 9.78. The summed E-state index contributed by atoms with van der Waals surface area (Å²) in [7, 11) is 0.